The summed E-state index contributed by atoms with van der Waals surface area (Å²) >= 11 is 0. The third-order valence-electron chi connectivity index (χ3n) is 2.44. The van der Waals surface area contributed by atoms with Gasteiger partial charge in [-0.2, -0.15) is 0 Å². The molecule has 0 rings (SSSR count). The van der Waals surface area contributed by atoms with Gasteiger partial charge in [-0.1, -0.05) is 13.3 Å². The Morgan fingerprint density at radius 3 is 2.33 bits per heavy atom. The van der Waals surface area contributed by atoms with Crippen LogP contribution in [0.4, 0.5) is 0 Å². The zero-order chi connectivity index (χ0) is 11.5. The van der Waals surface area contributed by atoms with Gasteiger partial charge in [-0.05, 0) is 32.4 Å². The molecule has 0 saturated heterocycles. The molecule has 0 spiro atoms. The van der Waals surface area contributed by atoms with Gasteiger partial charge in [0.2, 0.25) is 0 Å². The van der Waals surface area contributed by atoms with E-state index >= 15 is 0 Å². The van der Waals surface area contributed by atoms with E-state index in [-0.39, 0.29) is 13.0 Å². The van der Waals surface area contributed by atoms with Crippen molar-refractivity contribution in [3.8, 4) is 0 Å². The van der Waals surface area contributed by atoms with E-state index in [1.165, 1.54) is 0 Å². The van der Waals surface area contributed by atoms with Gasteiger partial charge in [0, 0.05) is 19.6 Å². The van der Waals surface area contributed by atoms with Gasteiger partial charge in [0.1, 0.15) is 0 Å². The minimum atomic E-state index is -0.706. The SMILES string of the molecule is CCN(CCCO)CCCCCC(=O)O. The van der Waals surface area contributed by atoms with Crippen molar-refractivity contribution in [1.29, 1.82) is 0 Å². The molecule has 90 valence electrons. The lowest BCUT2D eigenvalue weighted by Crippen LogP contribution is -2.26. The predicted octanol–water partition coefficient (Wildman–Crippen LogP) is 1.34. The minimum absolute atomic E-state index is 0.246. The molecule has 0 fully saturated rings. The Morgan fingerprint density at radius 1 is 1.13 bits per heavy atom. The zero-order valence-corrected chi connectivity index (χ0v) is 9.61. The van der Waals surface area contributed by atoms with Crippen molar-refractivity contribution >= 4 is 5.97 Å². The first kappa shape index (κ1) is 14.4. The summed E-state index contributed by atoms with van der Waals surface area (Å²) in [6, 6.07) is 0. The van der Waals surface area contributed by atoms with Gasteiger partial charge >= 0.3 is 5.97 Å². The molecule has 0 aliphatic heterocycles. The largest absolute Gasteiger partial charge is 0.481 e. The summed E-state index contributed by atoms with van der Waals surface area (Å²) in [6.45, 7) is 5.30. The van der Waals surface area contributed by atoms with E-state index in [0.29, 0.717) is 0 Å². The Hall–Kier alpha value is -0.610. The van der Waals surface area contributed by atoms with Gasteiger partial charge in [-0.15, -0.1) is 0 Å². The van der Waals surface area contributed by atoms with Crippen LogP contribution in [-0.4, -0.2) is 47.3 Å². The summed E-state index contributed by atoms with van der Waals surface area (Å²) in [5.74, 6) is -0.706. The van der Waals surface area contributed by atoms with Crippen LogP contribution in [0.1, 0.15) is 39.0 Å². The van der Waals surface area contributed by atoms with Crippen molar-refractivity contribution in [3.63, 3.8) is 0 Å². The standard InChI is InChI=1S/C11H23NO3/c1-2-12(9-6-10-13)8-5-3-4-7-11(14)15/h13H,2-10H2,1H3,(H,14,15). The first-order valence-electron chi connectivity index (χ1n) is 5.75. The Bertz CT molecular complexity index is 162. The number of aliphatic hydroxyl groups excluding tert-OH is 1. The van der Waals surface area contributed by atoms with Gasteiger partial charge < -0.3 is 15.1 Å². The molecule has 2 N–H and O–H groups in total. The first-order chi connectivity index (χ1) is 7.20. The lowest BCUT2D eigenvalue weighted by molar-refractivity contribution is -0.137. The van der Waals surface area contributed by atoms with Crippen molar-refractivity contribution < 1.29 is 15.0 Å². The topological polar surface area (TPSA) is 60.8 Å². The molecule has 0 unspecified atom stereocenters. The van der Waals surface area contributed by atoms with Crippen LogP contribution >= 0.6 is 0 Å². The highest BCUT2D eigenvalue weighted by atomic mass is 16.4. The molecule has 0 aromatic heterocycles. The van der Waals surface area contributed by atoms with Crippen LogP contribution in [0, 0.1) is 0 Å². The summed E-state index contributed by atoms with van der Waals surface area (Å²) in [5.41, 5.74) is 0. The highest BCUT2D eigenvalue weighted by Gasteiger charge is 2.02. The fraction of sp³-hybridized carbons (Fsp3) is 0.909. The second-order valence-electron chi connectivity index (χ2n) is 3.72. The quantitative estimate of drug-likeness (QED) is 0.542. The van der Waals surface area contributed by atoms with Gasteiger partial charge in [0.25, 0.3) is 0 Å². The number of aliphatic hydroxyl groups is 1. The monoisotopic (exact) mass is 217 g/mol. The number of hydrogen-bond acceptors (Lipinski definition) is 3. The van der Waals surface area contributed by atoms with E-state index in [4.69, 9.17) is 10.2 Å². The highest BCUT2D eigenvalue weighted by Crippen LogP contribution is 2.02. The average molecular weight is 217 g/mol. The Kier molecular flexibility index (Phi) is 9.52. The number of carboxylic acid groups (broad SMARTS) is 1. The van der Waals surface area contributed by atoms with Crippen LogP contribution in [0.15, 0.2) is 0 Å². The fourth-order valence-corrected chi connectivity index (χ4v) is 1.51. The van der Waals surface area contributed by atoms with Crippen LogP contribution < -0.4 is 0 Å². The minimum Gasteiger partial charge on any atom is -0.481 e. The first-order valence-corrected chi connectivity index (χ1v) is 5.75. The molecule has 4 heteroatoms. The van der Waals surface area contributed by atoms with Crippen LogP contribution in [0.3, 0.4) is 0 Å². The maximum absolute atomic E-state index is 10.3. The van der Waals surface area contributed by atoms with E-state index in [2.05, 4.69) is 11.8 Å². The van der Waals surface area contributed by atoms with E-state index in [9.17, 15) is 4.79 Å². The fourth-order valence-electron chi connectivity index (χ4n) is 1.51. The Morgan fingerprint density at radius 2 is 1.80 bits per heavy atom. The summed E-state index contributed by atoms with van der Waals surface area (Å²) in [5, 5.41) is 17.1. The molecule has 0 aliphatic rings. The van der Waals surface area contributed by atoms with E-state index in [0.717, 1.165) is 45.3 Å². The highest BCUT2D eigenvalue weighted by molar-refractivity contribution is 5.66. The molecular weight excluding hydrogens is 194 g/mol. The van der Waals surface area contributed by atoms with Crippen LogP contribution in [-0.2, 0) is 4.79 Å². The van der Waals surface area contributed by atoms with Gasteiger partial charge in [-0.25, -0.2) is 0 Å². The van der Waals surface area contributed by atoms with E-state index < -0.39 is 5.97 Å². The summed E-state index contributed by atoms with van der Waals surface area (Å²) in [6.07, 6.45) is 3.90. The van der Waals surface area contributed by atoms with Crippen LogP contribution in [0.25, 0.3) is 0 Å². The second-order valence-corrected chi connectivity index (χ2v) is 3.72. The van der Waals surface area contributed by atoms with E-state index in [1.54, 1.807) is 0 Å². The lowest BCUT2D eigenvalue weighted by atomic mass is 10.2. The maximum Gasteiger partial charge on any atom is 0.303 e. The molecule has 0 bridgehead atoms. The van der Waals surface area contributed by atoms with Crippen molar-refractivity contribution in [2.75, 3.05) is 26.2 Å². The van der Waals surface area contributed by atoms with Crippen molar-refractivity contribution in [1.82, 2.24) is 4.90 Å². The molecule has 0 saturated carbocycles. The number of nitrogens with zero attached hydrogens (tertiary/aromatic N) is 1. The average Bonchev–Trinajstić information content (AvgIpc) is 2.21. The van der Waals surface area contributed by atoms with Crippen molar-refractivity contribution in [2.24, 2.45) is 0 Å². The predicted molar refractivity (Wildman–Crippen MR) is 59.9 cm³/mol. The van der Waals surface area contributed by atoms with Crippen molar-refractivity contribution in [3.05, 3.63) is 0 Å². The van der Waals surface area contributed by atoms with Crippen LogP contribution in [0.2, 0.25) is 0 Å². The molecule has 4 nitrogen and oxygen atoms in total. The summed E-state index contributed by atoms with van der Waals surface area (Å²) in [7, 11) is 0. The lowest BCUT2D eigenvalue weighted by Gasteiger charge is -2.19. The van der Waals surface area contributed by atoms with Crippen LogP contribution in [0.5, 0.6) is 0 Å². The maximum atomic E-state index is 10.3. The second kappa shape index (κ2) is 9.93. The number of carbonyl (C=O) groups is 1. The number of aliphatic carboxylic acids is 1. The molecule has 0 radical (unpaired) electrons. The Labute approximate surface area is 91.9 Å². The van der Waals surface area contributed by atoms with E-state index in [1.807, 2.05) is 0 Å². The van der Waals surface area contributed by atoms with Gasteiger partial charge in [-0.3, -0.25) is 4.79 Å². The molecule has 0 aromatic carbocycles. The molecule has 0 atom stereocenters. The summed E-state index contributed by atoms with van der Waals surface area (Å²) in [4.78, 5) is 12.5. The van der Waals surface area contributed by atoms with Gasteiger partial charge in [0.05, 0.1) is 0 Å². The molecule has 0 amide bonds. The molecule has 0 heterocycles. The molecule has 0 aliphatic carbocycles. The third kappa shape index (κ3) is 9.69. The number of carboxylic acids is 1. The molecular formula is C11H23NO3. The zero-order valence-electron chi connectivity index (χ0n) is 9.61. The molecule has 0 aromatic rings. The third-order valence-corrected chi connectivity index (χ3v) is 2.44. The van der Waals surface area contributed by atoms with Crippen molar-refractivity contribution in [2.45, 2.75) is 39.0 Å². The Balaban J connectivity index is 3.33. The number of unbranched alkanes of at least 4 members (excludes halogenated alkanes) is 2. The summed E-state index contributed by atoms with van der Waals surface area (Å²) < 4.78 is 0. The number of rotatable bonds is 10. The number of hydrogen-bond donors (Lipinski definition) is 2. The van der Waals surface area contributed by atoms with Gasteiger partial charge in [0.15, 0.2) is 0 Å². The smallest absolute Gasteiger partial charge is 0.303 e. The normalized spacial score (nSPS) is 10.9. The molecule has 15 heavy (non-hydrogen) atoms.